The van der Waals surface area contributed by atoms with Crippen molar-refractivity contribution in [1.29, 1.82) is 0 Å². The number of nitrogens with zero attached hydrogens (tertiary/aromatic N) is 1. The van der Waals surface area contributed by atoms with Gasteiger partial charge in [0.15, 0.2) is 11.5 Å². The van der Waals surface area contributed by atoms with Crippen molar-refractivity contribution in [2.45, 2.75) is 44.4 Å². The highest BCUT2D eigenvalue weighted by atomic mass is 19.3. The molecule has 1 atom stereocenters. The van der Waals surface area contributed by atoms with Crippen LogP contribution in [-0.4, -0.2) is 30.6 Å². The lowest BCUT2D eigenvalue weighted by molar-refractivity contribution is -0.132. The summed E-state index contributed by atoms with van der Waals surface area (Å²) < 4.78 is 34.6. The number of imide groups is 1. The minimum absolute atomic E-state index is 0.0000971. The largest absolute Gasteiger partial charge is 0.493 e. The normalized spacial score (nSPS) is 20.9. The third kappa shape index (κ3) is 3.46. The molecule has 0 unspecified atom stereocenters. The summed E-state index contributed by atoms with van der Waals surface area (Å²) in [5.74, 6) is -0.300. The molecule has 8 heteroatoms. The van der Waals surface area contributed by atoms with Gasteiger partial charge in [0.2, 0.25) is 0 Å². The Kier molecular flexibility index (Phi) is 5.32. The molecule has 1 heterocycles. The van der Waals surface area contributed by atoms with E-state index in [4.69, 9.17) is 4.74 Å². The summed E-state index contributed by atoms with van der Waals surface area (Å²) in [5.41, 5.74) is 1.42. The van der Waals surface area contributed by atoms with Gasteiger partial charge in [-0.25, -0.2) is 4.79 Å². The third-order valence-electron chi connectivity index (χ3n) is 5.69. The summed E-state index contributed by atoms with van der Waals surface area (Å²) in [4.78, 5) is 27.4. The number of hydrogen-bond donors (Lipinski definition) is 1. The fraction of sp³-hybridized carbons (Fsp3) is 0.364. The summed E-state index contributed by atoms with van der Waals surface area (Å²) in [6.45, 7) is -2.98. The van der Waals surface area contributed by atoms with Gasteiger partial charge in [0.25, 0.3) is 5.91 Å². The van der Waals surface area contributed by atoms with E-state index in [9.17, 15) is 18.4 Å². The lowest BCUT2D eigenvalue weighted by atomic mass is 9.84. The second kappa shape index (κ2) is 7.93. The number of nitrogens with one attached hydrogen (secondary N) is 1. The van der Waals surface area contributed by atoms with Crippen molar-refractivity contribution in [2.24, 2.45) is 0 Å². The average Bonchev–Trinajstić information content (AvgIpc) is 2.87. The Labute approximate surface area is 172 Å². The van der Waals surface area contributed by atoms with E-state index in [0.29, 0.717) is 12.0 Å². The molecule has 158 valence electrons. The van der Waals surface area contributed by atoms with Crippen molar-refractivity contribution in [3.05, 3.63) is 59.2 Å². The van der Waals surface area contributed by atoms with Crippen molar-refractivity contribution in [2.75, 3.05) is 7.11 Å². The minimum Gasteiger partial charge on any atom is -0.493 e. The van der Waals surface area contributed by atoms with E-state index in [1.165, 1.54) is 30.2 Å². The first-order chi connectivity index (χ1) is 14.4. The molecule has 3 amide bonds. The molecule has 1 spiro atoms. The SMILES string of the molecule is COc1cc(CN2C(=O)N[C@@]3(CCCCc4ccccc43)C2=O)ccc1OC(F)F. The van der Waals surface area contributed by atoms with Crippen molar-refractivity contribution < 1.29 is 27.8 Å². The van der Waals surface area contributed by atoms with Gasteiger partial charge in [0.05, 0.1) is 13.7 Å². The summed E-state index contributed by atoms with van der Waals surface area (Å²) in [6.07, 6.45) is 3.17. The molecule has 1 fully saturated rings. The summed E-state index contributed by atoms with van der Waals surface area (Å²) in [5, 5.41) is 2.93. The van der Waals surface area contributed by atoms with Gasteiger partial charge in [-0.2, -0.15) is 8.78 Å². The number of carbonyl (C=O) groups excluding carboxylic acids is 2. The first-order valence-electron chi connectivity index (χ1n) is 9.79. The maximum absolute atomic E-state index is 13.5. The van der Waals surface area contributed by atoms with Crippen LogP contribution < -0.4 is 14.8 Å². The Balaban J connectivity index is 1.63. The standard InChI is InChI=1S/C22H22F2N2O4/c1-29-18-12-14(9-10-17(18)30-20(23)24)13-26-19(27)22(25-21(26)28)11-5-4-7-15-6-2-3-8-16(15)22/h2-3,6,8-10,12,20H,4-5,7,11,13H2,1H3,(H,25,28)/t22-/m1/s1. The molecule has 0 radical (unpaired) electrons. The Morgan fingerprint density at radius 2 is 1.93 bits per heavy atom. The first kappa shape index (κ1) is 20.1. The van der Waals surface area contributed by atoms with Crippen LogP contribution in [-0.2, 0) is 23.3 Å². The third-order valence-corrected chi connectivity index (χ3v) is 5.69. The Bertz CT molecular complexity index is 981. The zero-order chi connectivity index (χ0) is 21.3. The van der Waals surface area contributed by atoms with Gasteiger partial charge in [-0.1, -0.05) is 30.3 Å². The van der Waals surface area contributed by atoms with Crippen LogP contribution in [0.3, 0.4) is 0 Å². The highest BCUT2D eigenvalue weighted by molar-refractivity contribution is 6.07. The Morgan fingerprint density at radius 1 is 1.13 bits per heavy atom. The highest BCUT2D eigenvalue weighted by Gasteiger charge is 2.53. The minimum atomic E-state index is -2.98. The van der Waals surface area contributed by atoms with E-state index in [0.717, 1.165) is 30.4 Å². The molecule has 2 aromatic rings. The number of urea groups is 1. The second-order valence-corrected chi connectivity index (χ2v) is 7.45. The number of amides is 3. The molecule has 0 bridgehead atoms. The molecule has 1 aliphatic carbocycles. The molecule has 1 aliphatic heterocycles. The van der Waals surface area contributed by atoms with Crippen molar-refractivity contribution in [3.63, 3.8) is 0 Å². The van der Waals surface area contributed by atoms with Gasteiger partial charge in [-0.05, 0) is 54.5 Å². The second-order valence-electron chi connectivity index (χ2n) is 7.45. The molecule has 6 nitrogen and oxygen atoms in total. The van der Waals surface area contributed by atoms with E-state index in [1.54, 1.807) is 0 Å². The zero-order valence-electron chi connectivity index (χ0n) is 16.5. The summed E-state index contributed by atoms with van der Waals surface area (Å²) >= 11 is 0. The van der Waals surface area contributed by atoms with Crippen LogP contribution in [0, 0.1) is 0 Å². The van der Waals surface area contributed by atoms with E-state index in [-0.39, 0.29) is 24.0 Å². The smallest absolute Gasteiger partial charge is 0.387 e. The number of halogens is 2. The van der Waals surface area contributed by atoms with Crippen molar-refractivity contribution in [3.8, 4) is 11.5 Å². The number of aryl methyl sites for hydroxylation is 1. The topological polar surface area (TPSA) is 67.9 Å². The maximum Gasteiger partial charge on any atom is 0.387 e. The number of hydrogen-bond acceptors (Lipinski definition) is 4. The van der Waals surface area contributed by atoms with Crippen LogP contribution in [0.2, 0.25) is 0 Å². The van der Waals surface area contributed by atoms with Crippen LogP contribution in [0.15, 0.2) is 42.5 Å². The zero-order valence-corrected chi connectivity index (χ0v) is 16.5. The monoisotopic (exact) mass is 416 g/mol. The molecule has 2 aromatic carbocycles. The Morgan fingerprint density at radius 3 is 2.70 bits per heavy atom. The van der Waals surface area contributed by atoms with Crippen LogP contribution in [0.1, 0.15) is 36.0 Å². The maximum atomic E-state index is 13.5. The van der Waals surface area contributed by atoms with Gasteiger partial charge in [-0.15, -0.1) is 0 Å². The number of benzene rings is 2. The number of methoxy groups -OCH3 is 1. The molecule has 0 aromatic heterocycles. The number of fused-ring (bicyclic) bond motifs is 2. The van der Waals surface area contributed by atoms with E-state index in [2.05, 4.69) is 10.1 Å². The number of carbonyl (C=O) groups is 2. The predicted molar refractivity (Wildman–Crippen MR) is 104 cm³/mol. The van der Waals surface area contributed by atoms with Gasteiger partial charge in [0, 0.05) is 0 Å². The fourth-order valence-corrected chi connectivity index (χ4v) is 4.30. The molecule has 1 saturated heterocycles. The van der Waals surface area contributed by atoms with Gasteiger partial charge in [-0.3, -0.25) is 9.69 Å². The van der Waals surface area contributed by atoms with Gasteiger partial charge < -0.3 is 14.8 Å². The Hall–Kier alpha value is -3.16. The van der Waals surface area contributed by atoms with Crippen LogP contribution in [0.4, 0.5) is 13.6 Å². The number of ether oxygens (including phenoxy) is 2. The van der Waals surface area contributed by atoms with Gasteiger partial charge in [0.1, 0.15) is 5.54 Å². The van der Waals surface area contributed by atoms with E-state index < -0.39 is 18.2 Å². The van der Waals surface area contributed by atoms with Crippen molar-refractivity contribution in [1.82, 2.24) is 10.2 Å². The number of alkyl halides is 2. The molecule has 4 rings (SSSR count). The predicted octanol–water partition coefficient (Wildman–Crippen LogP) is 3.97. The highest BCUT2D eigenvalue weighted by Crippen LogP contribution is 2.39. The molecule has 30 heavy (non-hydrogen) atoms. The van der Waals surface area contributed by atoms with Crippen LogP contribution in [0.5, 0.6) is 11.5 Å². The fourth-order valence-electron chi connectivity index (χ4n) is 4.30. The molecular weight excluding hydrogens is 394 g/mol. The lowest BCUT2D eigenvalue weighted by Crippen LogP contribution is -2.44. The molecule has 0 saturated carbocycles. The quantitative estimate of drug-likeness (QED) is 0.749. The first-order valence-corrected chi connectivity index (χ1v) is 9.79. The van der Waals surface area contributed by atoms with E-state index in [1.807, 2.05) is 24.3 Å². The van der Waals surface area contributed by atoms with E-state index >= 15 is 0 Å². The van der Waals surface area contributed by atoms with Crippen molar-refractivity contribution >= 4 is 11.9 Å². The molecular formula is C22H22F2N2O4. The lowest BCUT2D eigenvalue weighted by Gasteiger charge is -2.27. The molecule has 2 aliphatic rings. The van der Waals surface area contributed by atoms with Crippen LogP contribution in [0.25, 0.3) is 0 Å². The average molecular weight is 416 g/mol. The molecule has 1 N–H and O–H groups in total. The summed E-state index contributed by atoms with van der Waals surface area (Å²) in [7, 11) is 1.34. The number of rotatable bonds is 5. The van der Waals surface area contributed by atoms with Crippen LogP contribution >= 0.6 is 0 Å². The van der Waals surface area contributed by atoms with Gasteiger partial charge >= 0.3 is 12.6 Å². The summed E-state index contributed by atoms with van der Waals surface area (Å²) in [6, 6.07) is 11.6.